The van der Waals surface area contributed by atoms with E-state index in [9.17, 15) is 0 Å². The lowest BCUT2D eigenvalue weighted by molar-refractivity contribution is 0.289. The zero-order valence-corrected chi connectivity index (χ0v) is 9.16. The highest BCUT2D eigenvalue weighted by Gasteiger charge is 2.05. The van der Waals surface area contributed by atoms with Crippen LogP contribution in [-0.2, 0) is 0 Å². The van der Waals surface area contributed by atoms with E-state index in [2.05, 4.69) is 0 Å². The molecule has 0 saturated heterocycles. The lowest BCUT2D eigenvalue weighted by Gasteiger charge is -2.11. The van der Waals surface area contributed by atoms with E-state index in [0.29, 0.717) is 24.7 Å². The fourth-order valence-electron chi connectivity index (χ4n) is 1.16. The number of hydrogen-bond donors (Lipinski definition) is 1. The van der Waals surface area contributed by atoms with Gasteiger partial charge in [0, 0.05) is 6.07 Å². The van der Waals surface area contributed by atoms with Crippen LogP contribution in [0.15, 0.2) is 18.2 Å². The van der Waals surface area contributed by atoms with Gasteiger partial charge in [0.25, 0.3) is 0 Å². The van der Waals surface area contributed by atoms with E-state index in [4.69, 9.17) is 19.9 Å². The maximum atomic E-state index is 5.53. The quantitative estimate of drug-likeness (QED) is 0.723. The summed E-state index contributed by atoms with van der Waals surface area (Å²) in [5.74, 6) is 2.14. The Morgan fingerprint density at radius 3 is 2.53 bits per heavy atom. The minimum absolute atomic E-state index is 0.583. The molecule has 0 aliphatic carbocycles. The lowest BCUT2D eigenvalue weighted by atomic mass is 10.3. The Balaban J connectivity index is 2.72. The summed E-state index contributed by atoms with van der Waals surface area (Å²) < 4.78 is 15.8. The Bertz CT molecular complexity index is 302. The van der Waals surface area contributed by atoms with Crippen molar-refractivity contribution in [1.29, 1.82) is 0 Å². The topological polar surface area (TPSA) is 53.7 Å². The first-order chi connectivity index (χ1) is 7.31. The number of benzene rings is 1. The van der Waals surface area contributed by atoms with Crippen LogP contribution in [0.1, 0.15) is 6.42 Å². The number of ether oxygens (including phenoxy) is 3. The molecule has 0 spiro atoms. The van der Waals surface area contributed by atoms with Gasteiger partial charge in [0.15, 0.2) is 11.5 Å². The molecule has 0 fully saturated rings. The van der Waals surface area contributed by atoms with Crippen molar-refractivity contribution in [2.45, 2.75) is 6.42 Å². The van der Waals surface area contributed by atoms with E-state index in [1.165, 1.54) is 0 Å². The Morgan fingerprint density at radius 1 is 1.13 bits per heavy atom. The molecule has 4 nitrogen and oxygen atoms in total. The monoisotopic (exact) mass is 211 g/mol. The van der Waals surface area contributed by atoms with Crippen LogP contribution in [-0.4, -0.2) is 27.4 Å². The highest BCUT2D eigenvalue weighted by Crippen LogP contribution is 2.31. The van der Waals surface area contributed by atoms with Crippen molar-refractivity contribution in [3.8, 4) is 17.2 Å². The Labute approximate surface area is 89.9 Å². The molecule has 0 atom stereocenters. The maximum absolute atomic E-state index is 5.53. The second-order valence-corrected chi connectivity index (χ2v) is 3.01. The number of rotatable bonds is 6. The molecule has 0 radical (unpaired) electrons. The summed E-state index contributed by atoms with van der Waals surface area (Å²) in [6, 6.07) is 5.45. The first kappa shape index (κ1) is 11.7. The maximum Gasteiger partial charge on any atom is 0.164 e. The Morgan fingerprint density at radius 2 is 1.93 bits per heavy atom. The fourth-order valence-corrected chi connectivity index (χ4v) is 1.16. The molecule has 0 aromatic heterocycles. The molecule has 1 aromatic rings. The summed E-state index contributed by atoms with van der Waals surface area (Å²) >= 11 is 0. The second-order valence-electron chi connectivity index (χ2n) is 3.01. The van der Waals surface area contributed by atoms with Gasteiger partial charge in [-0.2, -0.15) is 0 Å². The van der Waals surface area contributed by atoms with Gasteiger partial charge < -0.3 is 19.9 Å². The zero-order chi connectivity index (χ0) is 11.1. The third-order valence-corrected chi connectivity index (χ3v) is 1.98. The van der Waals surface area contributed by atoms with Crippen molar-refractivity contribution in [1.82, 2.24) is 0 Å². The Hall–Kier alpha value is -1.42. The summed E-state index contributed by atoms with van der Waals surface area (Å²) in [4.78, 5) is 0. The molecule has 0 aliphatic heterocycles. The third-order valence-electron chi connectivity index (χ3n) is 1.98. The second kappa shape index (κ2) is 6.14. The molecule has 1 aromatic carbocycles. The number of methoxy groups -OCH3 is 2. The molecule has 4 heteroatoms. The average Bonchev–Trinajstić information content (AvgIpc) is 2.29. The molecule has 2 N–H and O–H groups in total. The lowest BCUT2D eigenvalue weighted by Crippen LogP contribution is -2.06. The molecular formula is C11H17NO3. The van der Waals surface area contributed by atoms with Crippen LogP contribution < -0.4 is 19.9 Å². The van der Waals surface area contributed by atoms with Crippen LogP contribution in [0.5, 0.6) is 17.2 Å². The van der Waals surface area contributed by atoms with Gasteiger partial charge in [-0.1, -0.05) is 0 Å². The molecule has 0 heterocycles. The van der Waals surface area contributed by atoms with Gasteiger partial charge in [-0.05, 0) is 25.1 Å². The SMILES string of the molecule is COc1ccc(OC)c(OCCCN)c1. The highest BCUT2D eigenvalue weighted by molar-refractivity contribution is 5.45. The van der Waals surface area contributed by atoms with Gasteiger partial charge in [0.1, 0.15) is 5.75 Å². The van der Waals surface area contributed by atoms with Crippen molar-refractivity contribution in [3.63, 3.8) is 0 Å². The largest absolute Gasteiger partial charge is 0.497 e. The summed E-state index contributed by atoms with van der Waals surface area (Å²) in [6.45, 7) is 1.20. The van der Waals surface area contributed by atoms with E-state index >= 15 is 0 Å². The van der Waals surface area contributed by atoms with Gasteiger partial charge >= 0.3 is 0 Å². The van der Waals surface area contributed by atoms with Crippen LogP contribution in [0.2, 0.25) is 0 Å². The van der Waals surface area contributed by atoms with Gasteiger partial charge in [-0.3, -0.25) is 0 Å². The van der Waals surface area contributed by atoms with Gasteiger partial charge in [-0.25, -0.2) is 0 Å². The molecule has 15 heavy (non-hydrogen) atoms. The number of nitrogens with two attached hydrogens (primary N) is 1. The third kappa shape index (κ3) is 3.32. The number of hydrogen-bond acceptors (Lipinski definition) is 4. The van der Waals surface area contributed by atoms with Crippen molar-refractivity contribution in [2.75, 3.05) is 27.4 Å². The highest BCUT2D eigenvalue weighted by atomic mass is 16.5. The van der Waals surface area contributed by atoms with Crippen molar-refractivity contribution >= 4 is 0 Å². The molecule has 0 saturated carbocycles. The average molecular weight is 211 g/mol. The van der Waals surface area contributed by atoms with E-state index in [1.807, 2.05) is 12.1 Å². The summed E-state index contributed by atoms with van der Waals surface area (Å²) in [7, 11) is 3.23. The molecule has 84 valence electrons. The van der Waals surface area contributed by atoms with E-state index in [0.717, 1.165) is 12.2 Å². The smallest absolute Gasteiger partial charge is 0.164 e. The Kier molecular flexibility index (Phi) is 4.77. The van der Waals surface area contributed by atoms with Crippen molar-refractivity contribution < 1.29 is 14.2 Å². The normalized spacial score (nSPS) is 9.80. The van der Waals surface area contributed by atoms with E-state index in [1.54, 1.807) is 20.3 Å². The van der Waals surface area contributed by atoms with E-state index in [-0.39, 0.29) is 0 Å². The van der Waals surface area contributed by atoms with E-state index < -0.39 is 0 Å². The summed E-state index contributed by atoms with van der Waals surface area (Å²) in [6.07, 6.45) is 0.820. The molecule has 0 aliphatic rings. The van der Waals surface area contributed by atoms with Gasteiger partial charge in [0.05, 0.1) is 20.8 Å². The van der Waals surface area contributed by atoms with Gasteiger partial charge in [0.2, 0.25) is 0 Å². The van der Waals surface area contributed by atoms with Crippen LogP contribution in [0.4, 0.5) is 0 Å². The predicted molar refractivity (Wildman–Crippen MR) is 58.7 cm³/mol. The zero-order valence-electron chi connectivity index (χ0n) is 9.16. The summed E-state index contributed by atoms with van der Waals surface area (Å²) in [5, 5.41) is 0. The molecule has 0 unspecified atom stereocenters. The summed E-state index contributed by atoms with van der Waals surface area (Å²) in [5.41, 5.74) is 5.38. The fraction of sp³-hybridized carbons (Fsp3) is 0.455. The van der Waals surface area contributed by atoms with Crippen LogP contribution in [0, 0.1) is 0 Å². The van der Waals surface area contributed by atoms with Gasteiger partial charge in [-0.15, -0.1) is 0 Å². The van der Waals surface area contributed by atoms with Crippen molar-refractivity contribution in [2.24, 2.45) is 5.73 Å². The predicted octanol–water partition coefficient (Wildman–Crippen LogP) is 1.43. The molecular weight excluding hydrogens is 194 g/mol. The minimum atomic E-state index is 0.583. The molecule has 1 rings (SSSR count). The van der Waals surface area contributed by atoms with Crippen LogP contribution >= 0.6 is 0 Å². The standard InChI is InChI=1S/C11H17NO3/c1-13-9-4-5-10(14-2)11(8-9)15-7-3-6-12/h4-5,8H,3,6-7,12H2,1-2H3. The van der Waals surface area contributed by atoms with Crippen LogP contribution in [0.25, 0.3) is 0 Å². The van der Waals surface area contributed by atoms with Crippen molar-refractivity contribution in [3.05, 3.63) is 18.2 Å². The molecule has 0 amide bonds. The van der Waals surface area contributed by atoms with Crippen LogP contribution in [0.3, 0.4) is 0 Å². The minimum Gasteiger partial charge on any atom is -0.497 e. The first-order valence-electron chi connectivity index (χ1n) is 4.86. The first-order valence-corrected chi connectivity index (χ1v) is 4.86. The molecule has 0 bridgehead atoms.